The highest BCUT2D eigenvalue weighted by Gasteiger charge is 2.53. The molecule has 3 aliphatic heterocycles. The number of nitrogens with zero attached hydrogens (tertiary/aromatic N) is 2. The van der Waals surface area contributed by atoms with Gasteiger partial charge in [0.25, 0.3) is 0 Å². The minimum atomic E-state index is 0.157. The fourth-order valence-corrected chi connectivity index (χ4v) is 3.92. The van der Waals surface area contributed by atoms with Gasteiger partial charge < -0.3 is 14.2 Å². The van der Waals surface area contributed by atoms with E-state index in [0.29, 0.717) is 36.2 Å². The summed E-state index contributed by atoms with van der Waals surface area (Å²) in [7, 11) is 0. The van der Waals surface area contributed by atoms with Gasteiger partial charge in [-0.25, -0.2) is 0 Å². The Labute approximate surface area is 111 Å². The average Bonchev–Trinajstić information content (AvgIpc) is 3.08. The Balaban J connectivity index is 1.42. The topological polar surface area (TPSA) is 55.6 Å². The first kappa shape index (κ1) is 11.5. The number of aromatic nitrogens is 1. The molecule has 0 unspecified atom stereocenters. The van der Waals surface area contributed by atoms with E-state index < -0.39 is 0 Å². The Morgan fingerprint density at radius 2 is 2.05 bits per heavy atom. The molecule has 3 saturated heterocycles. The van der Waals surface area contributed by atoms with Gasteiger partial charge in [-0.2, -0.15) is 0 Å². The smallest absolute Gasteiger partial charge is 0.230 e. The Morgan fingerprint density at radius 1 is 1.37 bits per heavy atom. The van der Waals surface area contributed by atoms with Gasteiger partial charge in [0.05, 0.1) is 24.3 Å². The molecule has 1 amide bonds. The second-order valence-corrected chi connectivity index (χ2v) is 6.03. The third-order valence-corrected chi connectivity index (χ3v) is 4.81. The van der Waals surface area contributed by atoms with Crippen LogP contribution in [0.3, 0.4) is 0 Å². The van der Waals surface area contributed by atoms with Gasteiger partial charge in [0.1, 0.15) is 5.76 Å². The average molecular weight is 262 g/mol. The highest BCUT2D eigenvalue weighted by Crippen LogP contribution is 2.47. The number of aryl methyl sites for hydroxylation is 1. The summed E-state index contributed by atoms with van der Waals surface area (Å²) in [6.07, 6.45) is 3.49. The molecule has 5 heteroatoms. The Kier molecular flexibility index (Phi) is 2.45. The maximum absolute atomic E-state index is 12.3. The Hall–Kier alpha value is -1.36. The molecule has 4 rings (SSSR count). The van der Waals surface area contributed by atoms with Gasteiger partial charge in [-0.3, -0.25) is 4.79 Å². The van der Waals surface area contributed by atoms with Gasteiger partial charge in [-0.1, -0.05) is 5.16 Å². The molecule has 0 aliphatic carbocycles. The molecule has 3 aliphatic rings. The molecule has 0 radical (unpaired) electrons. The molecule has 102 valence electrons. The number of fused-ring (bicyclic) bond motifs is 5. The number of hydrogen-bond acceptors (Lipinski definition) is 4. The first-order valence-electron chi connectivity index (χ1n) is 7.06. The van der Waals surface area contributed by atoms with Crippen molar-refractivity contribution in [3.05, 3.63) is 17.5 Å². The van der Waals surface area contributed by atoms with Crippen LogP contribution in [0.25, 0.3) is 0 Å². The largest absolute Gasteiger partial charge is 0.374 e. The number of carbonyl (C=O) groups is 1. The third kappa shape index (κ3) is 1.79. The highest BCUT2D eigenvalue weighted by atomic mass is 16.5. The molecule has 4 heterocycles. The molecule has 0 aromatic carbocycles. The van der Waals surface area contributed by atoms with Gasteiger partial charge in [0.15, 0.2) is 0 Å². The van der Waals surface area contributed by atoms with Gasteiger partial charge in [0.2, 0.25) is 5.91 Å². The lowest BCUT2D eigenvalue weighted by Crippen LogP contribution is -2.32. The minimum absolute atomic E-state index is 0.157. The lowest BCUT2D eigenvalue weighted by atomic mass is 9.82. The van der Waals surface area contributed by atoms with E-state index in [1.165, 1.54) is 12.8 Å². The van der Waals surface area contributed by atoms with Crippen molar-refractivity contribution in [2.24, 2.45) is 11.8 Å². The predicted molar refractivity (Wildman–Crippen MR) is 66.4 cm³/mol. The van der Waals surface area contributed by atoms with Crippen LogP contribution in [-0.4, -0.2) is 41.3 Å². The number of amides is 1. The lowest BCUT2D eigenvalue weighted by Gasteiger charge is -2.18. The second-order valence-electron chi connectivity index (χ2n) is 6.03. The molecule has 1 aromatic rings. The third-order valence-electron chi connectivity index (χ3n) is 4.81. The number of likely N-dealkylation sites (tertiary alicyclic amines) is 1. The Morgan fingerprint density at radius 3 is 2.63 bits per heavy atom. The van der Waals surface area contributed by atoms with Gasteiger partial charge in [0, 0.05) is 31.0 Å². The molecule has 1 aromatic heterocycles. The summed E-state index contributed by atoms with van der Waals surface area (Å²) in [5.74, 6) is 1.96. The van der Waals surface area contributed by atoms with E-state index in [4.69, 9.17) is 9.26 Å². The van der Waals surface area contributed by atoms with Crippen LogP contribution in [-0.2, 0) is 16.0 Å². The second kappa shape index (κ2) is 4.07. The summed E-state index contributed by atoms with van der Waals surface area (Å²) < 4.78 is 11.0. The van der Waals surface area contributed by atoms with E-state index in [2.05, 4.69) is 5.16 Å². The molecular weight excluding hydrogens is 244 g/mol. The lowest BCUT2D eigenvalue weighted by molar-refractivity contribution is -0.130. The van der Waals surface area contributed by atoms with Gasteiger partial charge >= 0.3 is 0 Å². The van der Waals surface area contributed by atoms with Crippen molar-refractivity contribution in [1.82, 2.24) is 10.1 Å². The minimum Gasteiger partial charge on any atom is -0.374 e. The standard InChI is InChI=1S/C14H18N2O3/c1-8-4-9(19-15-8)5-14(17)16-6-10-11(7-16)13-3-2-12(10)18-13/h4,10-13H,2-3,5-7H2,1H3/t10-,11+,12+,13-. The SMILES string of the molecule is Cc1cc(CC(=O)N2C[C@@H]3[C@H](C2)[C@H]2CC[C@@H]3O2)on1. The van der Waals surface area contributed by atoms with E-state index in [1.54, 1.807) is 0 Å². The fraction of sp³-hybridized carbons (Fsp3) is 0.714. The normalized spacial score (nSPS) is 35.9. The molecule has 4 atom stereocenters. The molecule has 3 fully saturated rings. The van der Waals surface area contributed by atoms with E-state index >= 15 is 0 Å². The zero-order chi connectivity index (χ0) is 13.0. The maximum Gasteiger partial charge on any atom is 0.230 e. The van der Waals surface area contributed by atoms with Crippen molar-refractivity contribution >= 4 is 5.91 Å². The fourth-order valence-electron chi connectivity index (χ4n) is 3.92. The van der Waals surface area contributed by atoms with Crippen LogP contribution < -0.4 is 0 Å². The van der Waals surface area contributed by atoms with E-state index in [-0.39, 0.29) is 5.91 Å². The number of hydrogen-bond donors (Lipinski definition) is 0. The summed E-state index contributed by atoms with van der Waals surface area (Å²) in [6, 6.07) is 1.83. The van der Waals surface area contributed by atoms with Crippen molar-refractivity contribution in [3.8, 4) is 0 Å². The van der Waals surface area contributed by atoms with E-state index in [9.17, 15) is 4.79 Å². The monoisotopic (exact) mass is 262 g/mol. The summed E-state index contributed by atoms with van der Waals surface area (Å²) in [5.41, 5.74) is 0.826. The molecule has 0 saturated carbocycles. The van der Waals surface area contributed by atoms with Crippen molar-refractivity contribution in [3.63, 3.8) is 0 Å². The van der Waals surface area contributed by atoms with Crippen molar-refractivity contribution in [2.45, 2.75) is 38.4 Å². The van der Waals surface area contributed by atoms with Crippen LogP contribution in [0, 0.1) is 18.8 Å². The van der Waals surface area contributed by atoms with Crippen LogP contribution in [0.1, 0.15) is 24.3 Å². The quantitative estimate of drug-likeness (QED) is 0.802. The van der Waals surface area contributed by atoms with Crippen molar-refractivity contribution in [2.75, 3.05) is 13.1 Å². The number of rotatable bonds is 2. The van der Waals surface area contributed by atoms with Crippen LogP contribution in [0.15, 0.2) is 10.6 Å². The van der Waals surface area contributed by atoms with Crippen molar-refractivity contribution < 1.29 is 14.1 Å². The molecular formula is C14H18N2O3. The van der Waals surface area contributed by atoms with Crippen LogP contribution in [0.5, 0.6) is 0 Å². The van der Waals surface area contributed by atoms with Crippen molar-refractivity contribution in [1.29, 1.82) is 0 Å². The number of ether oxygens (including phenoxy) is 1. The highest BCUT2D eigenvalue weighted by molar-refractivity contribution is 5.78. The first-order chi connectivity index (χ1) is 9.20. The predicted octanol–water partition coefficient (Wildman–Crippen LogP) is 1.16. The molecule has 5 nitrogen and oxygen atoms in total. The zero-order valence-corrected chi connectivity index (χ0v) is 11.0. The van der Waals surface area contributed by atoms with E-state index in [1.807, 2.05) is 17.9 Å². The first-order valence-corrected chi connectivity index (χ1v) is 7.06. The van der Waals surface area contributed by atoms with Gasteiger partial charge in [-0.15, -0.1) is 0 Å². The summed E-state index contributed by atoms with van der Waals surface area (Å²) in [5, 5.41) is 3.82. The molecule has 19 heavy (non-hydrogen) atoms. The number of carbonyl (C=O) groups excluding carboxylic acids is 1. The zero-order valence-electron chi connectivity index (χ0n) is 11.0. The van der Waals surface area contributed by atoms with E-state index in [0.717, 1.165) is 18.8 Å². The summed E-state index contributed by atoms with van der Waals surface area (Å²) in [4.78, 5) is 14.3. The summed E-state index contributed by atoms with van der Waals surface area (Å²) >= 11 is 0. The van der Waals surface area contributed by atoms with Crippen LogP contribution >= 0.6 is 0 Å². The van der Waals surface area contributed by atoms with Crippen LogP contribution in [0.4, 0.5) is 0 Å². The molecule has 2 bridgehead atoms. The maximum atomic E-state index is 12.3. The molecule has 0 N–H and O–H groups in total. The van der Waals surface area contributed by atoms with Gasteiger partial charge in [-0.05, 0) is 19.8 Å². The molecule has 0 spiro atoms. The van der Waals surface area contributed by atoms with Crippen LogP contribution in [0.2, 0.25) is 0 Å². The Bertz CT molecular complexity index is 495. The summed E-state index contributed by atoms with van der Waals surface area (Å²) in [6.45, 7) is 3.59.